The highest BCUT2D eigenvalue weighted by Gasteiger charge is 2.18. The molecule has 0 heterocycles. The predicted molar refractivity (Wildman–Crippen MR) is 62.7 cm³/mol. The van der Waals surface area contributed by atoms with E-state index in [0.717, 1.165) is 0 Å². The van der Waals surface area contributed by atoms with Crippen LogP contribution in [0.15, 0.2) is 0 Å². The molecule has 0 saturated carbocycles. The minimum Gasteiger partial charge on any atom is -0.389 e. The second kappa shape index (κ2) is 5.82. The van der Waals surface area contributed by atoms with Crippen LogP contribution >= 0.6 is 0 Å². The summed E-state index contributed by atoms with van der Waals surface area (Å²) in [5, 5.41) is 12.3. The lowest BCUT2D eigenvalue weighted by atomic mass is 10.0. The minimum atomic E-state index is -2.97. The van der Waals surface area contributed by atoms with Crippen molar-refractivity contribution in [3.63, 3.8) is 0 Å². The van der Waals surface area contributed by atoms with Crippen LogP contribution in [0.3, 0.4) is 0 Å². The second-order valence-corrected chi connectivity index (χ2v) is 7.12. The molecule has 0 aliphatic heterocycles. The molecule has 0 bridgehead atoms. The number of hydrogen-bond donors (Lipinski definition) is 2. The molecule has 5 heteroatoms. The third-order valence-corrected chi connectivity index (χ3v) is 4.76. The lowest BCUT2D eigenvalue weighted by Gasteiger charge is -2.21. The first-order valence-corrected chi connectivity index (χ1v) is 7.07. The van der Waals surface area contributed by atoms with E-state index in [1.54, 1.807) is 20.8 Å². The van der Waals surface area contributed by atoms with E-state index in [0.29, 0.717) is 19.5 Å². The Morgan fingerprint density at radius 1 is 1.40 bits per heavy atom. The van der Waals surface area contributed by atoms with Crippen molar-refractivity contribution in [2.75, 3.05) is 18.8 Å². The fraction of sp³-hybridized carbons (Fsp3) is 1.00. The van der Waals surface area contributed by atoms with Gasteiger partial charge in [-0.25, -0.2) is 8.42 Å². The molecule has 0 fully saturated rings. The van der Waals surface area contributed by atoms with Gasteiger partial charge in [-0.2, -0.15) is 0 Å². The van der Waals surface area contributed by atoms with Crippen LogP contribution in [0.5, 0.6) is 0 Å². The smallest absolute Gasteiger partial charge is 0.153 e. The van der Waals surface area contributed by atoms with Gasteiger partial charge in [-0.3, -0.25) is 0 Å². The Morgan fingerprint density at radius 3 is 2.33 bits per heavy atom. The largest absolute Gasteiger partial charge is 0.389 e. The van der Waals surface area contributed by atoms with Crippen LogP contribution in [0.2, 0.25) is 0 Å². The third kappa shape index (κ3) is 6.12. The van der Waals surface area contributed by atoms with Gasteiger partial charge < -0.3 is 10.4 Å². The van der Waals surface area contributed by atoms with Gasteiger partial charge in [0.1, 0.15) is 0 Å². The Kier molecular flexibility index (Phi) is 5.77. The van der Waals surface area contributed by atoms with Gasteiger partial charge in [-0.1, -0.05) is 6.92 Å². The van der Waals surface area contributed by atoms with Crippen LogP contribution in [-0.4, -0.2) is 43.2 Å². The molecular weight excluding hydrogens is 214 g/mol. The van der Waals surface area contributed by atoms with E-state index in [1.165, 1.54) is 0 Å². The van der Waals surface area contributed by atoms with Crippen LogP contribution in [0.1, 0.15) is 34.1 Å². The number of sulfone groups is 1. The normalized spacial score (nSPS) is 16.7. The zero-order valence-electron chi connectivity index (χ0n) is 10.1. The van der Waals surface area contributed by atoms with Crippen molar-refractivity contribution in [2.45, 2.75) is 45.0 Å². The molecular formula is C10H23NO3S. The van der Waals surface area contributed by atoms with Crippen molar-refractivity contribution >= 4 is 9.84 Å². The maximum absolute atomic E-state index is 11.4. The molecule has 0 rings (SSSR count). The summed E-state index contributed by atoms with van der Waals surface area (Å²) in [5.41, 5.74) is -0.748. The predicted octanol–water partition coefficient (Wildman–Crippen LogP) is 0.560. The lowest BCUT2D eigenvalue weighted by molar-refractivity contribution is 0.0565. The fourth-order valence-corrected chi connectivity index (χ4v) is 1.83. The third-order valence-electron chi connectivity index (χ3n) is 2.55. The van der Waals surface area contributed by atoms with E-state index in [2.05, 4.69) is 5.32 Å². The standard InChI is InChI=1S/C10H23NO3S/c1-5-10(4,12)8-11-6-7-15(13,14)9(2)3/h9,11-12H,5-8H2,1-4H3. The van der Waals surface area contributed by atoms with Crippen molar-refractivity contribution in [1.29, 1.82) is 0 Å². The Labute approximate surface area is 93.0 Å². The Balaban J connectivity index is 3.83. The quantitative estimate of drug-likeness (QED) is 0.635. The topological polar surface area (TPSA) is 66.4 Å². The molecule has 15 heavy (non-hydrogen) atoms. The van der Waals surface area contributed by atoms with Gasteiger partial charge >= 0.3 is 0 Å². The lowest BCUT2D eigenvalue weighted by Crippen LogP contribution is -2.39. The molecule has 0 aliphatic carbocycles. The van der Waals surface area contributed by atoms with Crippen LogP contribution in [0, 0.1) is 0 Å². The number of aliphatic hydroxyl groups is 1. The first-order valence-electron chi connectivity index (χ1n) is 5.36. The van der Waals surface area contributed by atoms with Crippen molar-refractivity contribution in [3.05, 3.63) is 0 Å². The van der Waals surface area contributed by atoms with Crippen molar-refractivity contribution in [3.8, 4) is 0 Å². The summed E-state index contributed by atoms with van der Waals surface area (Å²) < 4.78 is 22.8. The van der Waals surface area contributed by atoms with Gasteiger partial charge in [-0.05, 0) is 27.2 Å². The number of rotatable bonds is 7. The van der Waals surface area contributed by atoms with Crippen molar-refractivity contribution in [2.24, 2.45) is 0 Å². The average molecular weight is 237 g/mol. The summed E-state index contributed by atoms with van der Waals surface area (Å²) in [6.45, 7) is 7.81. The van der Waals surface area contributed by atoms with E-state index in [4.69, 9.17) is 0 Å². The molecule has 0 amide bonds. The SMILES string of the molecule is CCC(C)(O)CNCCS(=O)(=O)C(C)C. The van der Waals surface area contributed by atoms with E-state index in [1.807, 2.05) is 6.92 Å². The molecule has 2 N–H and O–H groups in total. The summed E-state index contributed by atoms with van der Waals surface area (Å²) in [7, 11) is -2.97. The molecule has 1 unspecified atom stereocenters. The van der Waals surface area contributed by atoms with E-state index in [9.17, 15) is 13.5 Å². The Hall–Kier alpha value is -0.130. The average Bonchev–Trinajstić information content (AvgIpc) is 2.12. The minimum absolute atomic E-state index is 0.129. The second-order valence-electron chi connectivity index (χ2n) is 4.44. The monoisotopic (exact) mass is 237 g/mol. The molecule has 1 atom stereocenters. The molecule has 4 nitrogen and oxygen atoms in total. The van der Waals surface area contributed by atoms with Gasteiger partial charge in [-0.15, -0.1) is 0 Å². The van der Waals surface area contributed by atoms with E-state index in [-0.39, 0.29) is 11.0 Å². The zero-order chi connectivity index (χ0) is 12.1. The molecule has 0 aromatic heterocycles. The van der Waals surface area contributed by atoms with Crippen molar-refractivity contribution in [1.82, 2.24) is 5.32 Å². The summed E-state index contributed by atoms with van der Waals surface area (Å²) in [5.74, 6) is 0.129. The first kappa shape index (κ1) is 14.9. The maximum atomic E-state index is 11.4. The highest BCUT2D eigenvalue weighted by atomic mass is 32.2. The van der Waals surface area contributed by atoms with E-state index < -0.39 is 15.4 Å². The maximum Gasteiger partial charge on any atom is 0.153 e. The van der Waals surface area contributed by atoms with Crippen LogP contribution in [0.25, 0.3) is 0 Å². The summed E-state index contributed by atoms with van der Waals surface area (Å²) in [6, 6.07) is 0. The molecule has 0 radical (unpaired) electrons. The molecule has 0 aromatic carbocycles. The van der Waals surface area contributed by atoms with Gasteiger partial charge in [0.2, 0.25) is 0 Å². The van der Waals surface area contributed by atoms with Gasteiger partial charge in [0.15, 0.2) is 9.84 Å². The molecule has 0 aliphatic rings. The van der Waals surface area contributed by atoms with Gasteiger partial charge in [0.05, 0.1) is 16.6 Å². The Bertz CT molecular complexity index is 270. The summed E-state index contributed by atoms with van der Waals surface area (Å²) in [4.78, 5) is 0. The highest BCUT2D eigenvalue weighted by Crippen LogP contribution is 2.06. The Morgan fingerprint density at radius 2 is 1.93 bits per heavy atom. The first-order chi connectivity index (χ1) is 6.71. The fourth-order valence-electron chi connectivity index (χ4n) is 0.933. The molecule has 92 valence electrons. The van der Waals surface area contributed by atoms with Gasteiger partial charge in [0, 0.05) is 13.1 Å². The molecule has 0 spiro atoms. The number of nitrogens with one attached hydrogen (secondary N) is 1. The van der Waals surface area contributed by atoms with Crippen LogP contribution in [0.4, 0.5) is 0 Å². The van der Waals surface area contributed by atoms with Crippen LogP contribution in [-0.2, 0) is 9.84 Å². The summed E-state index contributed by atoms with van der Waals surface area (Å²) in [6.07, 6.45) is 0.650. The zero-order valence-corrected chi connectivity index (χ0v) is 10.9. The van der Waals surface area contributed by atoms with E-state index >= 15 is 0 Å². The molecule has 0 aromatic rings. The molecule has 0 saturated heterocycles. The summed E-state index contributed by atoms with van der Waals surface area (Å²) >= 11 is 0. The van der Waals surface area contributed by atoms with Gasteiger partial charge in [0.25, 0.3) is 0 Å². The highest BCUT2D eigenvalue weighted by molar-refractivity contribution is 7.92. The van der Waals surface area contributed by atoms with Crippen LogP contribution < -0.4 is 5.32 Å². The van der Waals surface area contributed by atoms with Crippen molar-refractivity contribution < 1.29 is 13.5 Å². The number of hydrogen-bond acceptors (Lipinski definition) is 4.